The van der Waals surface area contributed by atoms with Gasteiger partial charge >= 0.3 is 11.9 Å². The fourth-order valence-corrected chi connectivity index (χ4v) is 1.05. The lowest BCUT2D eigenvalue weighted by Crippen LogP contribution is -2.05. The second-order valence-electron chi connectivity index (χ2n) is 3.74. The zero-order valence-electron chi connectivity index (χ0n) is 11.8. The first-order chi connectivity index (χ1) is 9.88. The number of carboxylic acid groups (broad SMARTS) is 1. The van der Waals surface area contributed by atoms with Crippen molar-refractivity contribution in [2.24, 2.45) is 0 Å². The summed E-state index contributed by atoms with van der Waals surface area (Å²) >= 11 is 0. The van der Waals surface area contributed by atoms with Crippen molar-refractivity contribution in [1.82, 2.24) is 0 Å². The van der Waals surface area contributed by atoms with Crippen LogP contribution in [0.25, 0.3) is 6.08 Å². The van der Waals surface area contributed by atoms with Crippen molar-refractivity contribution in [2.75, 3.05) is 6.61 Å². The van der Waals surface area contributed by atoms with Crippen molar-refractivity contribution in [3.8, 4) is 0 Å². The molecule has 112 valence electrons. The highest BCUT2D eigenvalue weighted by Gasteiger charge is 2.01. The van der Waals surface area contributed by atoms with E-state index in [-0.39, 0.29) is 12.2 Å². The van der Waals surface area contributed by atoms with Crippen LogP contribution in [0.4, 0.5) is 0 Å². The minimum atomic E-state index is -0.993. The van der Waals surface area contributed by atoms with Crippen LogP contribution in [0, 0.1) is 0 Å². The van der Waals surface area contributed by atoms with Crippen molar-refractivity contribution in [2.45, 2.75) is 6.92 Å². The molecule has 0 saturated carbocycles. The molecule has 1 aromatic carbocycles. The second kappa shape index (κ2) is 10.0. The fraction of sp³-hybridized carbons (Fsp3) is 0.125. The van der Waals surface area contributed by atoms with Gasteiger partial charge in [0.2, 0.25) is 0 Å². The van der Waals surface area contributed by atoms with Crippen LogP contribution in [0.15, 0.2) is 60.9 Å². The van der Waals surface area contributed by atoms with Crippen molar-refractivity contribution in [3.05, 3.63) is 66.5 Å². The largest absolute Gasteiger partial charge is 0.502 e. The minimum Gasteiger partial charge on any atom is -0.502 e. The van der Waals surface area contributed by atoms with E-state index in [1.54, 1.807) is 13.0 Å². The number of carboxylic acids is 1. The van der Waals surface area contributed by atoms with Gasteiger partial charge in [-0.3, -0.25) is 0 Å². The summed E-state index contributed by atoms with van der Waals surface area (Å²) in [7, 11) is 0. The summed E-state index contributed by atoms with van der Waals surface area (Å²) in [4.78, 5) is 20.5. The summed E-state index contributed by atoms with van der Waals surface area (Å²) in [5.74, 6) is -2.30. The number of hydrogen-bond donors (Lipinski definition) is 2. The topological polar surface area (TPSA) is 83.8 Å². The third-order valence-corrected chi connectivity index (χ3v) is 2.06. The van der Waals surface area contributed by atoms with Gasteiger partial charge in [0, 0.05) is 0 Å². The van der Waals surface area contributed by atoms with Crippen molar-refractivity contribution in [3.63, 3.8) is 0 Å². The number of ether oxygens (including phenoxy) is 1. The Labute approximate surface area is 123 Å². The molecule has 0 amide bonds. The van der Waals surface area contributed by atoms with Crippen LogP contribution in [0.2, 0.25) is 0 Å². The average Bonchev–Trinajstić information content (AvgIpc) is 2.46. The Morgan fingerprint density at radius 3 is 2.14 bits per heavy atom. The molecule has 0 unspecified atom stereocenters. The maximum Gasteiger partial charge on any atom is 0.372 e. The minimum absolute atomic E-state index is 0.0869. The zero-order valence-corrected chi connectivity index (χ0v) is 11.8. The number of benzene rings is 1. The number of aliphatic hydroxyl groups excluding tert-OH is 1. The molecule has 21 heavy (non-hydrogen) atoms. The van der Waals surface area contributed by atoms with Gasteiger partial charge in [0.25, 0.3) is 0 Å². The smallest absolute Gasteiger partial charge is 0.372 e. The van der Waals surface area contributed by atoms with Gasteiger partial charge in [-0.05, 0) is 25.1 Å². The fourth-order valence-electron chi connectivity index (χ4n) is 1.05. The summed E-state index contributed by atoms with van der Waals surface area (Å²) in [6.45, 7) is 8.25. The monoisotopic (exact) mass is 290 g/mol. The Bertz CT molecular complexity index is 529. The molecule has 0 aliphatic heterocycles. The van der Waals surface area contributed by atoms with Gasteiger partial charge in [0.1, 0.15) is 0 Å². The highest BCUT2D eigenvalue weighted by molar-refractivity contribution is 5.90. The number of carbonyl (C=O) groups excluding carboxylic acids is 1. The molecule has 1 aromatic rings. The van der Waals surface area contributed by atoms with E-state index < -0.39 is 17.7 Å². The summed E-state index contributed by atoms with van der Waals surface area (Å²) in [5.41, 5.74) is 1.05. The molecule has 0 aliphatic carbocycles. The van der Waals surface area contributed by atoms with Crippen molar-refractivity contribution in [1.29, 1.82) is 0 Å². The van der Waals surface area contributed by atoms with Gasteiger partial charge in [0.05, 0.1) is 12.2 Å². The van der Waals surface area contributed by atoms with Crippen LogP contribution in [-0.2, 0) is 14.3 Å². The first-order valence-corrected chi connectivity index (χ1v) is 6.08. The van der Waals surface area contributed by atoms with E-state index >= 15 is 0 Å². The molecule has 0 radical (unpaired) electrons. The molecule has 0 atom stereocenters. The molecule has 0 aliphatic rings. The van der Waals surface area contributed by atoms with E-state index in [1.165, 1.54) is 6.08 Å². The molecule has 0 saturated heterocycles. The van der Waals surface area contributed by atoms with Crippen molar-refractivity contribution >= 4 is 18.0 Å². The van der Waals surface area contributed by atoms with Gasteiger partial charge in [-0.2, -0.15) is 0 Å². The van der Waals surface area contributed by atoms with Gasteiger partial charge < -0.3 is 14.9 Å². The van der Waals surface area contributed by atoms with E-state index in [2.05, 4.69) is 17.9 Å². The van der Waals surface area contributed by atoms with Crippen molar-refractivity contribution < 1.29 is 24.5 Å². The number of carbonyl (C=O) groups is 2. The van der Waals surface area contributed by atoms with E-state index in [9.17, 15) is 9.59 Å². The molecule has 0 aromatic heterocycles. The quantitative estimate of drug-likeness (QED) is 0.377. The summed E-state index contributed by atoms with van der Waals surface area (Å²) in [5, 5.41) is 16.8. The number of aliphatic carboxylic acids is 1. The maximum absolute atomic E-state index is 10.4. The Hall–Kier alpha value is -2.82. The predicted molar refractivity (Wildman–Crippen MR) is 80.7 cm³/mol. The van der Waals surface area contributed by atoms with Gasteiger partial charge in [0.15, 0.2) is 5.76 Å². The summed E-state index contributed by atoms with van der Waals surface area (Å²) in [6, 6.07) is 9.48. The predicted octanol–water partition coefficient (Wildman–Crippen LogP) is 2.96. The number of esters is 1. The van der Waals surface area contributed by atoms with E-state index in [4.69, 9.17) is 10.2 Å². The molecular weight excluding hydrogens is 272 g/mol. The Kier molecular flexibility index (Phi) is 8.68. The van der Waals surface area contributed by atoms with Crippen LogP contribution in [-0.4, -0.2) is 28.8 Å². The Balaban J connectivity index is 0.000000433. The summed E-state index contributed by atoms with van der Waals surface area (Å²) < 4.78 is 4.31. The average molecular weight is 290 g/mol. The Morgan fingerprint density at radius 2 is 1.76 bits per heavy atom. The highest BCUT2D eigenvalue weighted by Crippen LogP contribution is 2.03. The number of hydrogen-bond acceptors (Lipinski definition) is 4. The maximum atomic E-state index is 10.4. The molecule has 2 N–H and O–H groups in total. The molecular formula is C16H18O5. The van der Waals surface area contributed by atoms with Crippen LogP contribution in [0.5, 0.6) is 0 Å². The van der Waals surface area contributed by atoms with Gasteiger partial charge in [-0.15, -0.1) is 0 Å². The lowest BCUT2D eigenvalue weighted by atomic mass is 10.2. The third kappa shape index (κ3) is 8.83. The molecule has 1 rings (SSSR count). The highest BCUT2D eigenvalue weighted by atomic mass is 16.5. The van der Waals surface area contributed by atoms with E-state index in [0.29, 0.717) is 0 Å². The van der Waals surface area contributed by atoms with Crippen LogP contribution < -0.4 is 0 Å². The lowest BCUT2D eigenvalue weighted by Gasteiger charge is -1.95. The standard InChI is InChI=1S/C11H10O2.C5H8O3/c1-9(11(12)13)7-8-10-5-3-2-4-6-10;1-3-8-5(7)4(2)6/h2-8H,1H2,(H,12,13);6H,2-3H2,1H3. The summed E-state index contributed by atoms with van der Waals surface area (Å²) in [6.07, 6.45) is 3.20. The van der Waals surface area contributed by atoms with Crippen LogP contribution in [0.1, 0.15) is 12.5 Å². The molecule has 5 heteroatoms. The molecule has 0 fully saturated rings. The van der Waals surface area contributed by atoms with Gasteiger partial charge in [-0.1, -0.05) is 43.0 Å². The third-order valence-electron chi connectivity index (χ3n) is 2.06. The second-order valence-corrected chi connectivity index (χ2v) is 3.74. The molecule has 0 heterocycles. The first kappa shape index (κ1) is 18.2. The normalized spacial score (nSPS) is 9.38. The lowest BCUT2D eigenvalue weighted by molar-refractivity contribution is -0.141. The molecule has 5 nitrogen and oxygen atoms in total. The van der Waals surface area contributed by atoms with E-state index in [1.807, 2.05) is 30.3 Å². The number of rotatable bonds is 5. The van der Waals surface area contributed by atoms with E-state index in [0.717, 1.165) is 5.56 Å². The molecule has 0 spiro atoms. The van der Waals surface area contributed by atoms with Crippen LogP contribution >= 0.6 is 0 Å². The van der Waals surface area contributed by atoms with Gasteiger partial charge in [-0.25, -0.2) is 9.59 Å². The zero-order chi connectivity index (χ0) is 16.3. The Morgan fingerprint density at radius 1 is 1.19 bits per heavy atom. The number of aliphatic hydroxyl groups is 1. The molecule has 0 bridgehead atoms. The SMILES string of the molecule is C=C(C=Cc1ccccc1)C(=O)O.C=C(O)C(=O)OCC. The van der Waals surface area contributed by atoms with Crippen LogP contribution in [0.3, 0.4) is 0 Å². The first-order valence-electron chi connectivity index (χ1n) is 6.08.